The molecule has 3 rings (SSSR count). The minimum absolute atomic E-state index is 0.0311. The fourth-order valence-electron chi connectivity index (χ4n) is 4.45. The summed E-state index contributed by atoms with van der Waals surface area (Å²) >= 11 is 0. The first kappa shape index (κ1) is 33.6. The number of piperazine rings is 1. The summed E-state index contributed by atoms with van der Waals surface area (Å²) in [5, 5.41) is 11.7. The van der Waals surface area contributed by atoms with Crippen molar-refractivity contribution < 1.29 is 31.8 Å². The number of nitrogens with zero attached hydrogens (tertiary/aromatic N) is 7. The van der Waals surface area contributed by atoms with Crippen LogP contribution in [0.1, 0.15) is 36.4 Å². The lowest BCUT2D eigenvalue weighted by molar-refractivity contribution is -0.137. The molecule has 0 spiro atoms. The third-order valence-electron chi connectivity index (χ3n) is 6.61. The Hall–Kier alpha value is -3.91. The minimum Gasteiger partial charge on any atom is -0.496 e. The van der Waals surface area contributed by atoms with Crippen LogP contribution in [0, 0.1) is 6.92 Å². The van der Waals surface area contributed by atoms with Crippen molar-refractivity contribution in [3.8, 4) is 0 Å². The lowest BCUT2D eigenvalue weighted by Crippen LogP contribution is -2.53. The van der Waals surface area contributed by atoms with Gasteiger partial charge in [-0.3, -0.25) is 14.7 Å². The SMILES string of the molecule is C=N/C(=C\C=C(/C)OCCOCCF)CN1CCN(C(=O)/C=C/c2ccc(C(F)(F)F)cc2Cn2nnc(C)n2)[C@H](C)C1. The molecule has 1 fully saturated rings. The number of carbonyl (C=O) groups is 1. The third-order valence-corrected chi connectivity index (χ3v) is 6.61. The van der Waals surface area contributed by atoms with Crippen molar-refractivity contribution in [3.05, 3.63) is 70.4 Å². The number of halogens is 4. The maximum Gasteiger partial charge on any atom is 0.416 e. The van der Waals surface area contributed by atoms with Gasteiger partial charge in [-0.25, -0.2) is 4.39 Å². The van der Waals surface area contributed by atoms with Crippen LogP contribution in [-0.2, 0) is 27.0 Å². The van der Waals surface area contributed by atoms with Gasteiger partial charge >= 0.3 is 6.18 Å². The molecule has 43 heavy (non-hydrogen) atoms. The van der Waals surface area contributed by atoms with Gasteiger partial charge in [0.25, 0.3) is 0 Å². The molecular formula is C29H37F4N7O3. The summed E-state index contributed by atoms with van der Waals surface area (Å²) < 4.78 is 62.7. The maximum atomic E-state index is 13.4. The molecule has 1 aromatic carbocycles. The Morgan fingerprint density at radius 1 is 1.21 bits per heavy atom. The molecule has 1 saturated heterocycles. The van der Waals surface area contributed by atoms with Crippen LogP contribution in [0.3, 0.4) is 0 Å². The molecule has 1 aliphatic rings. The first-order valence-electron chi connectivity index (χ1n) is 13.8. The van der Waals surface area contributed by atoms with E-state index in [1.165, 1.54) is 23.0 Å². The summed E-state index contributed by atoms with van der Waals surface area (Å²) in [6, 6.07) is 3.25. The van der Waals surface area contributed by atoms with Gasteiger partial charge in [-0.15, -0.1) is 10.2 Å². The number of aliphatic imine (C=N–C) groups is 1. The van der Waals surface area contributed by atoms with E-state index in [1.807, 2.05) is 13.0 Å². The number of carbonyl (C=O) groups excluding carboxylic acids is 1. The largest absolute Gasteiger partial charge is 0.496 e. The molecule has 1 aliphatic heterocycles. The molecule has 10 nitrogen and oxygen atoms in total. The summed E-state index contributed by atoms with van der Waals surface area (Å²) in [5.41, 5.74) is 0.697. The molecule has 0 aliphatic carbocycles. The van der Waals surface area contributed by atoms with Crippen LogP contribution in [0.25, 0.3) is 6.08 Å². The Bertz CT molecular complexity index is 1320. The van der Waals surface area contributed by atoms with E-state index >= 15 is 0 Å². The lowest BCUT2D eigenvalue weighted by Gasteiger charge is -2.39. The van der Waals surface area contributed by atoms with Crippen LogP contribution in [0.4, 0.5) is 17.6 Å². The zero-order valence-corrected chi connectivity index (χ0v) is 24.6. The van der Waals surface area contributed by atoms with Crippen LogP contribution in [0.5, 0.6) is 0 Å². The van der Waals surface area contributed by atoms with Crippen molar-refractivity contribution in [2.75, 3.05) is 52.7 Å². The molecule has 0 radical (unpaired) electrons. The summed E-state index contributed by atoms with van der Waals surface area (Å²) in [5.74, 6) is 0.814. The fourth-order valence-corrected chi connectivity index (χ4v) is 4.45. The fraction of sp³-hybridized carbons (Fsp3) is 0.483. The van der Waals surface area contributed by atoms with Gasteiger partial charge in [0.1, 0.15) is 13.3 Å². The number of aromatic nitrogens is 4. The number of hydrogen-bond donors (Lipinski definition) is 0. The summed E-state index contributed by atoms with van der Waals surface area (Å²) in [7, 11) is 0. The van der Waals surface area contributed by atoms with Crippen LogP contribution < -0.4 is 0 Å². The van der Waals surface area contributed by atoms with Crippen molar-refractivity contribution in [2.45, 2.75) is 39.5 Å². The van der Waals surface area contributed by atoms with E-state index in [0.29, 0.717) is 62.1 Å². The Morgan fingerprint density at radius 3 is 2.65 bits per heavy atom. The number of rotatable bonds is 14. The maximum absolute atomic E-state index is 13.4. The monoisotopic (exact) mass is 607 g/mol. The molecule has 1 atom stereocenters. The minimum atomic E-state index is -4.51. The Morgan fingerprint density at radius 2 is 2.00 bits per heavy atom. The van der Waals surface area contributed by atoms with Crippen molar-refractivity contribution >= 4 is 18.7 Å². The van der Waals surface area contributed by atoms with E-state index < -0.39 is 18.4 Å². The number of aryl methyl sites for hydroxylation is 1. The molecule has 1 aromatic heterocycles. The topological polar surface area (TPSA) is 98.0 Å². The van der Waals surface area contributed by atoms with E-state index in [1.54, 1.807) is 24.8 Å². The van der Waals surface area contributed by atoms with Crippen LogP contribution in [0.2, 0.25) is 0 Å². The second kappa shape index (κ2) is 16.1. The molecular weight excluding hydrogens is 570 g/mol. The highest BCUT2D eigenvalue weighted by molar-refractivity contribution is 5.92. The zero-order chi connectivity index (χ0) is 31.4. The lowest BCUT2D eigenvalue weighted by atomic mass is 10.0. The quantitative estimate of drug-likeness (QED) is 0.0797. The number of benzene rings is 1. The summed E-state index contributed by atoms with van der Waals surface area (Å²) in [6.45, 7) is 11.3. The van der Waals surface area contributed by atoms with E-state index in [2.05, 4.69) is 32.0 Å². The number of amides is 1. The summed E-state index contributed by atoms with van der Waals surface area (Å²) in [6.07, 6.45) is 1.98. The van der Waals surface area contributed by atoms with Crippen LogP contribution in [0.15, 0.2) is 52.9 Å². The van der Waals surface area contributed by atoms with E-state index in [9.17, 15) is 22.4 Å². The van der Waals surface area contributed by atoms with E-state index in [4.69, 9.17) is 9.47 Å². The Kier molecular flexibility index (Phi) is 12.6. The zero-order valence-electron chi connectivity index (χ0n) is 24.6. The molecule has 14 heteroatoms. The molecule has 0 unspecified atom stereocenters. The molecule has 234 valence electrons. The normalized spacial score (nSPS) is 17.1. The molecule has 0 N–H and O–H groups in total. The first-order valence-corrected chi connectivity index (χ1v) is 13.8. The highest BCUT2D eigenvalue weighted by Gasteiger charge is 2.31. The van der Waals surface area contributed by atoms with Crippen molar-refractivity contribution in [1.29, 1.82) is 0 Å². The third kappa shape index (κ3) is 10.7. The van der Waals surface area contributed by atoms with Gasteiger partial charge in [0.15, 0.2) is 5.82 Å². The van der Waals surface area contributed by atoms with E-state index in [0.717, 1.165) is 17.8 Å². The van der Waals surface area contributed by atoms with E-state index in [-0.39, 0.29) is 25.1 Å². The average Bonchev–Trinajstić information content (AvgIpc) is 3.37. The van der Waals surface area contributed by atoms with Gasteiger partial charge in [0.05, 0.1) is 36.8 Å². The Labute approximate surface area is 248 Å². The predicted octanol–water partition coefficient (Wildman–Crippen LogP) is 4.09. The van der Waals surface area contributed by atoms with Crippen molar-refractivity contribution in [3.63, 3.8) is 0 Å². The van der Waals surface area contributed by atoms with Crippen molar-refractivity contribution in [2.24, 2.45) is 4.99 Å². The molecule has 0 saturated carbocycles. The van der Waals surface area contributed by atoms with Gasteiger partial charge in [-0.2, -0.15) is 18.0 Å². The second-order valence-corrected chi connectivity index (χ2v) is 9.97. The number of hydrogen-bond acceptors (Lipinski definition) is 8. The van der Waals surface area contributed by atoms with Gasteiger partial charge in [-0.05, 0) is 74.2 Å². The van der Waals surface area contributed by atoms with Gasteiger partial charge in [0, 0.05) is 38.3 Å². The van der Waals surface area contributed by atoms with Crippen LogP contribution in [-0.4, -0.2) is 101 Å². The predicted molar refractivity (Wildman–Crippen MR) is 154 cm³/mol. The first-order chi connectivity index (χ1) is 20.5. The highest BCUT2D eigenvalue weighted by Crippen LogP contribution is 2.31. The summed E-state index contributed by atoms with van der Waals surface area (Å²) in [4.78, 5) is 22.3. The van der Waals surface area contributed by atoms with Gasteiger partial charge < -0.3 is 14.4 Å². The second-order valence-electron chi connectivity index (χ2n) is 9.97. The molecule has 2 aromatic rings. The number of alkyl halides is 4. The van der Waals surface area contributed by atoms with Gasteiger partial charge in [-0.1, -0.05) is 6.07 Å². The Balaban J connectivity index is 1.60. The molecule has 2 heterocycles. The van der Waals surface area contributed by atoms with Crippen molar-refractivity contribution in [1.82, 2.24) is 30.0 Å². The van der Waals surface area contributed by atoms with Crippen LogP contribution >= 0.6 is 0 Å². The smallest absolute Gasteiger partial charge is 0.416 e. The highest BCUT2D eigenvalue weighted by atomic mass is 19.4. The average molecular weight is 608 g/mol. The molecule has 0 bridgehead atoms. The molecule has 1 amide bonds. The number of ether oxygens (including phenoxy) is 2. The standard InChI is InChI=1S/C29H37F4N7O3/c1-21-18-38(20-27(34-4)9-5-22(2)43-16-15-42-14-11-30)12-13-39(21)28(41)10-7-24-6-8-26(29(31,32)33)17-25(24)19-40-36-23(3)35-37-40/h5-10,17,21H,4,11-16,18-20H2,1-3H3/b10-7+,22-5+,27-9-/t21-/m1/s1. The number of tetrazole rings is 1. The van der Waals surface area contributed by atoms with Gasteiger partial charge in [0.2, 0.25) is 5.91 Å². The number of allylic oxidation sites excluding steroid dienone is 3.